The largest absolute Gasteiger partial charge is 0.393 e. The van der Waals surface area contributed by atoms with E-state index in [9.17, 15) is 29.5 Å². The van der Waals surface area contributed by atoms with Crippen molar-refractivity contribution in [3.05, 3.63) is 0 Å². The van der Waals surface area contributed by atoms with Crippen molar-refractivity contribution in [2.45, 2.75) is 205 Å². The summed E-state index contributed by atoms with van der Waals surface area (Å²) in [6, 6.07) is 0. The molecule has 0 bridgehead atoms. The van der Waals surface area contributed by atoms with Gasteiger partial charge in [0.15, 0.2) is 23.3 Å². The number of likely N-dealkylation sites (N-methyl/N-ethyl adjacent to an activating group) is 1. The molecule has 0 aromatic heterocycles. The third kappa shape index (κ3) is 32.9. The van der Waals surface area contributed by atoms with Crippen LogP contribution in [0, 0.1) is 0 Å². The van der Waals surface area contributed by atoms with Gasteiger partial charge in [-0.1, -0.05) is 168 Å². The minimum absolute atomic E-state index is 0.0813. The molecule has 0 aromatic rings. The Kier molecular flexibility index (Phi) is 36.6. The van der Waals surface area contributed by atoms with Crippen LogP contribution in [0.15, 0.2) is 0 Å². The van der Waals surface area contributed by atoms with Gasteiger partial charge < -0.3 is 19.8 Å². The van der Waals surface area contributed by atoms with E-state index in [1.807, 2.05) is 0 Å². The van der Waals surface area contributed by atoms with Gasteiger partial charge in [-0.15, -0.1) is 0 Å². The van der Waals surface area contributed by atoms with E-state index in [1.165, 1.54) is 116 Å². The number of aliphatic hydroxyl groups excluding tert-OH is 2. The molecule has 0 aliphatic rings. The molecule has 49 heavy (non-hydrogen) atoms. The number of aliphatic hydroxyl groups is 3. The van der Waals surface area contributed by atoms with Crippen LogP contribution in [-0.2, 0) is 18.7 Å². The van der Waals surface area contributed by atoms with Gasteiger partial charge >= 0.3 is 8.69 Å². The molecule has 0 aliphatic carbocycles. The number of nitrogens with zero attached hydrogens (tertiary/aromatic N) is 1. The van der Waals surface area contributed by atoms with Crippen LogP contribution >= 0.6 is 8.69 Å². The molecule has 8 nitrogen and oxygen atoms in total. The minimum atomic E-state index is -2.37. The Morgan fingerprint density at radius 2 is 0.939 bits per heavy atom. The summed E-state index contributed by atoms with van der Waals surface area (Å²) in [6.07, 6.45) is 29.5. The SMILES string of the molecule is CCCCCCCCCCCCCCCC(=O)C(O)C(O)(CO)C(=O)CCCCCCCCCCCCCCC.C[N+](C)(C)CCOP=O. The van der Waals surface area contributed by atoms with Crippen LogP contribution in [-0.4, -0.2) is 84.0 Å². The van der Waals surface area contributed by atoms with Gasteiger partial charge in [-0.2, -0.15) is 0 Å². The van der Waals surface area contributed by atoms with Crippen LogP contribution in [0.2, 0.25) is 0 Å². The lowest BCUT2D eigenvalue weighted by molar-refractivity contribution is -0.870. The van der Waals surface area contributed by atoms with E-state index in [0.29, 0.717) is 19.4 Å². The van der Waals surface area contributed by atoms with Crippen LogP contribution < -0.4 is 0 Å². The number of quaternary nitrogens is 1. The minimum Gasteiger partial charge on any atom is -0.393 e. The highest BCUT2D eigenvalue weighted by atomic mass is 31.1. The van der Waals surface area contributed by atoms with E-state index in [-0.39, 0.29) is 21.5 Å². The van der Waals surface area contributed by atoms with Gasteiger partial charge in [0.25, 0.3) is 0 Å². The van der Waals surface area contributed by atoms with Gasteiger partial charge in [0.05, 0.1) is 27.7 Å². The number of unbranched alkanes of at least 4 members (excludes halogenated alkanes) is 24. The highest BCUT2D eigenvalue weighted by Crippen LogP contribution is 2.21. The zero-order valence-electron chi connectivity index (χ0n) is 32.9. The normalized spacial score (nSPS) is 13.6. The summed E-state index contributed by atoms with van der Waals surface area (Å²) in [5.74, 6) is -1.16. The summed E-state index contributed by atoms with van der Waals surface area (Å²) < 4.78 is 15.2. The molecule has 0 rings (SSSR count). The van der Waals surface area contributed by atoms with Crippen molar-refractivity contribution in [3.8, 4) is 0 Å². The van der Waals surface area contributed by atoms with Crippen LogP contribution in [0.4, 0.5) is 0 Å². The third-order valence-corrected chi connectivity index (χ3v) is 9.71. The molecule has 2 unspecified atom stereocenters. The first-order valence-corrected chi connectivity index (χ1v) is 21.1. The van der Waals surface area contributed by atoms with E-state index in [4.69, 9.17) is 0 Å². The molecule has 0 aromatic carbocycles. The molecule has 2 atom stereocenters. The average Bonchev–Trinajstić information content (AvgIpc) is 3.07. The first-order valence-electron chi connectivity index (χ1n) is 20.3. The van der Waals surface area contributed by atoms with Gasteiger partial charge in [-0.3, -0.25) is 14.1 Å². The summed E-state index contributed by atoms with van der Waals surface area (Å²) in [4.78, 5) is 25.1. The van der Waals surface area contributed by atoms with Crippen molar-refractivity contribution in [3.63, 3.8) is 0 Å². The van der Waals surface area contributed by atoms with E-state index in [0.717, 1.165) is 49.6 Å². The summed E-state index contributed by atoms with van der Waals surface area (Å²) in [7, 11) is 5.96. The summed E-state index contributed by atoms with van der Waals surface area (Å²) in [5.41, 5.74) is -2.37. The summed E-state index contributed by atoms with van der Waals surface area (Å²) in [5, 5.41) is 30.8. The molecule has 0 amide bonds. The van der Waals surface area contributed by atoms with Crippen LogP contribution in [0.5, 0.6) is 0 Å². The molecule has 292 valence electrons. The van der Waals surface area contributed by atoms with Crippen molar-refractivity contribution >= 4 is 20.3 Å². The fraction of sp³-hybridized carbons (Fsp3) is 0.950. The maximum Gasteiger partial charge on any atom is 0.327 e. The maximum absolute atomic E-state index is 12.6. The third-order valence-electron chi connectivity index (χ3n) is 9.42. The lowest BCUT2D eigenvalue weighted by atomic mass is 9.85. The summed E-state index contributed by atoms with van der Waals surface area (Å²) >= 11 is 0. The van der Waals surface area contributed by atoms with Crippen LogP contribution in [0.25, 0.3) is 0 Å². The molecular weight excluding hydrogens is 637 g/mol. The highest BCUT2D eigenvalue weighted by Gasteiger charge is 2.45. The second-order valence-electron chi connectivity index (χ2n) is 15.3. The second kappa shape index (κ2) is 35.6. The second-order valence-corrected chi connectivity index (χ2v) is 15.7. The highest BCUT2D eigenvalue weighted by molar-refractivity contribution is 7.17. The fourth-order valence-electron chi connectivity index (χ4n) is 5.92. The molecule has 0 aliphatic heterocycles. The van der Waals surface area contributed by atoms with Crippen molar-refractivity contribution in [1.29, 1.82) is 0 Å². The summed E-state index contributed by atoms with van der Waals surface area (Å²) in [6.45, 7) is 5.00. The Morgan fingerprint density at radius 1 is 0.612 bits per heavy atom. The molecule has 0 saturated carbocycles. The Hall–Kier alpha value is -0.760. The number of hydrogen-bond acceptors (Lipinski definition) is 7. The van der Waals surface area contributed by atoms with Gasteiger partial charge in [0.2, 0.25) is 0 Å². The Labute approximate surface area is 304 Å². The average molecular weight is 719 g/mol. The first kappa shape index (κ1) is 50.3. The van der Waals surface area contributed by atoms with Crippen molar-refractivity contribution in [2.75, 3.05) is 40.9 Å². The zero-order valence-corrected chi connectivity index (χ0v) is 33.8. The molecule has 0 heterocycles. The Bertz CT molecular complexity index is 761. The molecular formula is C40H81NO7P+. The van der Waals surface area contributed by atoms with E-state index < -0.39 is 29.9 Å². The smallest absolute Gasteiger partial charge is 0.327 e. The molecule has 3 N–H and O–H groups in total. The first-order chi connectivity index (χ1) is 23.5. The molecule has 0 fully saturated rings. The van der Waals surface area contributed by atoms with Gasteiger partial charge in [0, 0.05) is 12.8 Å². The van der Waals surface area contributed by atoms with Crippen molar-refractivity contribution in [1.82, 2.24) is 0 Å². The van der Waals surface area contributed by atoms with E-state index in [1.54, 1.807) is 0 Å². The molecule has 9 heteroatoms. The number of carbonyl (C=O) groups excluding carboxylic acids is 2. The lowest BCUT2D eigenvalue weighted by Gasteiger charge is -2.29. The number of Topliss-reactive ketones (excluding diaryl/α,β-unsaturated/α-hetero) is 2. The van der Waals surface area contributed by atoms with Crippen LogP contribution in [0.1, 0.15) is 194 Å². The maximum atomic E-state index is 12.6. The van der Waals surface area contributed by atoms with E-state index >= 15 is 0 Å². The quantitative estimate of drug-likeness (QED) is 0.0335. The van der Waals surface area contributed by atoms with Crippen LogP contribution in [0.3, 0.4) is 0 Å². The predicted octanol–water partition coefficient (Wildman–Crippen LogP) is 10.1. The van der Waals surface area contributed by atoms with Crippen molar-refractivity contribution in [2.24, 2.45) is 0 Å². The fourth-order valence-corrected chi connectivity index (χ4v) is 6.08. The molecule has 0 saturated heterocycles. The monoisotopic (exact) mass is 719 g/mol. The Balaban J connectivity index is 0. The number of hydrogen-bond donors (Lipinski definition) is 3. The lowest BCUT2D eigenvalue weighted by Crippen LogP contribution is -2.55. The number of carbonyl (C=O) groups is 2. The topological polar surface area (TPSA) is 121 Å². The molecule has 0 spiro atoms. The number of rotatable bonds is 36. The van der Waals surface area contributed by atoms with Gasteiger partial charge in [0.1, 0.15) is 13.2 Å². The van der Waals surface area contributed by atoms with Crippen molar-refractivity contribution < 1.29 is 38.5 Å². The predicted molar refractivity (Wildman–Crippen MR) is 205 cm³/mol. The zero-order chi connectivity index (χ0) is 37.1. The molecule has 0 radical (unpaired) electrons. The van der Waals surface area contributed by atoms with Gasteiger partial charge in [-0.05, 0) is 12.8 Å². The number of ketones is 2. The standard InChI is InChI=1S/C35H68O5.C5H13NO2P/c1-3-5-7-9-11-13-15-17-19-21-23-25-27-29-32(37)34(39)35(40,31-36)33(38)30-28-26-24-22-20-18-16-14-12-10-8-6-4-2;1-6(2,3)4-5-8-9-7/h34,36,39-40H,3-31H2,1-2H3;4-5H2,1-3H3/q;+1. The Morgan fingerprint density at radius 3 is 1.24 bits per heavy atom. The van der Waals surface area contributed by atoms with E-state index in [2.05, 4.69) is 39.5 Å². The van der Waals surface area contributed by atoms with Gasteiger partial charge in [-0.25, -0.2) is 4.57 Å².